The standard InChI is InChI=1S/C12H20N2S/c1-4-6-7-10(3)14-11(5-2)12-13-8-9-15-12/h4,8-11,14H,1,5-7H2,2-3H3. The molecular weight excluding hydrogens is 204 g/mol. The van der Waals surface area contributed by atoms with Gasteiger partial charge in [0.05, 0.1) is 6.04 Å². The van der Waals surface area contributed by atoms with Crippen LogP contribution in [0.1, 0.15) is 44.2 Å². The Morgan fingerprint density at radius 3 is 3.00 bits per heavy atom. The van der Waals surface area contributed by atoms with Crippen LogP contribution in [0.4, 0.5) is 0 Å². The molecule has 15 heavy (non-hydrogen) atoms. The Morgan fingerprint density at radius 1 is 1.67 bits per heavy atom. The molecule has 1 aromatic rings. The lowest BCUT2D eigenvalue weighted by Crippen LogP contribution is -2.30. The largest absolute Gasteiger partial charge is 0.305 e. The number of nitrogens with one attached hydrogen (secondary N) is 1. The van der Waals surface area contributed by atoms with Gasteiger partial charge >= 0.3 is 0 Å². The zero-order valence-corrected chi connectivity index (χ0v) is 10.4. The predicted molar refractivity (Wildman–Crippen MR) is 67.2 cm³/mol. The van der Waals surface area contributed by atoms with Gasteiger partial charge in [0.15, 0.2) is 0 Å². The summed E-state index contributed by atoms with van der Waals surface area (Å²) in [7, 11) is 0. The van der Waals surface area contributed by atoms with Crippen LogP contribution in [0, 0.1) is 0 Å². The van der Waals surface area contributed by atoms with Crippen LogP contribution in [0.25, 0.3) is 0 Å². The van der Waals surface area contributed by atoms with E-state index in [0.29, 0.717) is 12.1 Å². The first-order valence-corrected chi connectivity index (χ1v) is 6.42. The fourth-order valence-electron chi connectivity index (χ4n) is 1.56. The first kappa shape index (κ1) is 12.4. The second-order valence-corrected chi connectivity index (χ2v) is 4.69. The molecule has 0 aromatic carbocycles. The van der Waals surface area contributed by atoms with Gasteiger partial charge in [0, 0.05) is 17.6 Å². The summed E-state index contributed by atoms with van der Waals surface area (Å²) >= 11 is 1.73. The van der Waals surface area contributed by atoms with Crippen LogP contribution >= 0.6 is 11.3 Å². The SMILES string of the molecule is C=CCCC(C)NC(CC)c1nccs1. The van der Waals surface area contributed by atoms with Crippen LogP contribution in [0.5, 0.6) is 0 Å². The maximum Gasteiger partial charge on any atom is 0.109 e. The molecule has 1 N–H and O–H groups in total. The van der Waals surface area contributed by atoms with Crippen molar-refractivity contribution in [1.29, 1.82) is 0 Å². The normalized spacial score (nSPS) is 14.8. The van der Waals surface area contributed by atoms with E-state index in [1.165, 1.54) is 5.01 Å². The topological polar surface area (TPSA) is 24.9 Å². The second-order valence-electron chi connectivity index (χ2n) is 3.76. The number of rotatable bonds is 7. The Labute approximate surface area is 96.4 Å². The van der Waals surface area contributed by atoms with Crippen molar-refractivity contribution in [2.24, 2.45) is 0 Å². The highest BCUT2D eigenvalue weighted by atomic mass is 32.1. The van der Waals surface area contributed by atoms with Crippen molar-refractivity contribution in [1.82, 2.24) is 10.3 Å². The Hall–Kier alpha value is -0.670. The third-order valence-corrected chi connectivity index (χ3v) is 3.34. The highest BCUT2D eigenvalue weighted by Gasteiger charge is 2.13. The third kappa shape index (κ3) is 4.14. The number of nitrogens with zero attached hydrogens (tertiary/aromatic N) is 1. The molecule has 0 bridgehead atoms. The summed E-state index contributed by atoms with van der Waals surface area (Å²) in [5.74, 6) is 0. The van der Waals surface area contributed by atoms with Crippen molar-refractivity contribution in [3.05, 3.63) is 29.2 Å². The van der Waals surface area contributed by atoms with Crippen molar-refractivity contribution in [2.75, 3.05) is 0 Å². The van der Waals surface area contributed by atoms with Gasteiger partial charge in [-0.1, -0.05) is 13.0 Å². The molecule has 84 valence electrons. The molecule has 1 heterocycles. The molecule has 0 fully saturated rings. The third-order valence-electron chi connectivity index (χ3n) is 2.45. The van der Waals surface area contributed by atoms with E-state index in [1.54, 1.807) is 11.3 Å². The van der Waals surface area contributed by atoms with Gasteiger partial charge in [-0.05, 0) is 26.2 Å². The van der Waals surface area contributed by atoms with Gasteiger partial charge in [0.25, 0.3) is 0 Å². The summed E-state index contributed by atoms with van der Waals surface area (Å²) in [4.78, 5) is 4.36. The summed E-state index contributed by atoms with van der Waals surface area (Å²) in [5, 5.41) is 6.84. The van der Waals surface area contributed by atoms with Gasteiger partial charge in [-0.25, -0.2) is 4.98 Å². The molecule has 3 heteroatoms. The minimum absolute atomic E-state index is 0.407. The summed E-state index contributed by atoms with van der Waals surface area (Å²) < 4.78 is 0. The summed E-state index contributed by atoms with van der Waals surface area (Å²) in [5.41, 5.74) is 0. The number of thiazole rings is 1. The van der Waals surface area contributed by atoms with E-state index in [1.807, 2.05) is 17.7 Å². The highest BCUT2D eigenvalue weighted by Crippen LogP contribution is 2.19. The van der Waals surface area contributed by atoms with Crippen molar-refractivity contribution >= 4 is 11.3 Å². The summed E-state index contributed by atoms with van der Waals surface area (Å²) in [6.45, 7) is 8.16. The molecule has 0 spiro atoms. The van der Waals surface area contributed by atoms with Crippen molar-refractivity contribution in [3.63, 3.8) is 0 Å². The van der Waals surface area contributed by atoms with Crippen molar-refractivity contribution < 1.29 is 0 Å². The molecule has 0 amide bonds. The molecule has 0 aliphatic rings. The maximum atomic E-state index is 4.36. The molecule has 1 aromatic heterocycles. The van der Waals surface area contributed by atoms with E-state index in [9.17, 15) is 0 Å². The van der Waals surface area contributed by atoms with Gasteiger partial charge in [0.1, 0.15) is 5.01 Å². The minimum Gasteiger partial charge on any atom is -0.305 e. The Morgan fingerprint density at radius 2 is 2.47 bits per heavy atom. The lowest BCUT2D eigenvalue weighted by molar-refractivity contribution is 0.428. The predicted octanol–water partition coefficient (Wildman–Crippen LogP) is 3.54. The van der Waals surface area contributed by atoms with Gasteiger partial charge < -0.3 is 5.32 Å². The van der Waals surface area contributed by atoms with E-state index in [0.717, 1.165) is 19.3 Å². The minimum atomic E-state index is 0.407. The second kappa shape index (κ2) is 6.75. The number of aromatic nitrogens is 1. The Kier molecular flexibility index (Phi) is 5.58. The summed E-state index contributed by atoms with van der Waals surface area (Å²) in [6.07, 6.45) is 7.15. The van der Waals surface area contributed by atoms with Crippen LogP contribution in [0.15, 0.2) is 24.2 Å². The molecule has 0 saturated heterocycles. The first-order chi connectivity index (χ1) is 7.27. The Balaban J connectivity index is 2.43. The van der Waals surface area contributed by atoms with Crippen LogP contribution < -0.4 is 5.32 Å². The van der Waals surface area contributed by atoms with Crippen molar-refractivity contribution in [2.45, 2.75) is 45.2 Å². The fourth-order valence-corrected chi connectivity index (χ4v) is 2.35. The lowest BCUT2D eigenvalue weighted by atomic mass is 10.1. The molecule has 0 saturated carbocycles. The highest BCUT2D eigenvalue weighted by molar-refractivity contribution is 7.09. The number of hydrogen-bond acceptors (Lipinski definition) is 3. The van der Waals surface area contributed by atoms with E-state index in [2.05, 4.69) is 30.7 Å². The average Bonchev–Trinajstić information content (AvgIpc) is 2.76. The molecular formula is C12H20N2S. The molecule has 2 unspecified atom stereocenters. The Bertz CT molecular complexity index is 269. The quantitative estimate of drug-likeness (QED) is 0.717. The average molecular weight is 224 g/mol. The van der Waals surface area contributed by atoms with Gasteiger partial charge in [0.2, 0.25) is 0 Å². The van der Waals surface area contributed by atoms with Gasteiger partial charge in [-0.3, -0.25) is 0 Å². The molecule has 1 rings (SSSR count). The number of allylic oxidation sites excluding steroid dienone is 1. The molecule has 0 radical (unpaired) electrons. The van der Waals surface area contributed by atoms with Crippen LogP contribution in [-0.2, 0) is 0 Å². The van der Waals surface area contributed by atoms with E-state index in [4.69, 9.17) is 0 Å². The van der Waals surface area contributed by atoms with Gasteiger partial charge in [-0.15, -0.1) is 17.9 Å². The van der Waals surface area contributed by atoms with E-state index in [-0.39, 0.29) is 0 Å². The number of hydrogen-bond donors (Lipinski definition) is 1. The van der Waals surface area contributed by atoms with Crippen LogP contribution in [0.3, 0.4) is 0 Å². The van der Waals surface area contributed by atoms with E-state index < -0.39 is 0 Å². The fraction of sp³-hybridized carbons (Fsp3) is 0.583. The maximum absolute atomic E-state index is 4.36. The van der Waals surface area contributed by atoms with E-state index >= 15 is 0 Å². The zero-order valence-electron chi connectivity index (χ0n) is 9.57. The summed E-state index contributed by atoms with van der Waals surface area (Å²) in [6, 6.07) is 0.932. The molecule has 0 aliphatic heterocycles. The van der Waals surface area contributed by atoms with Crippen LogP contribution in [-0.4, -0.2) is 11.0 Å². The molecule has 0 aliphatic carbocycles. The zero-order chi connectivity index (χ0) is 11.1. The lowest BCUT2D eigenvalue weighted by Gasteiger charge is -2.20. The monoisotopic (exact) mass is 224 g/mol. The first-order valence-electron chi connectivity index (χ1n) is 5.54. The smallest absolute Gasteiger partial charge is 0.109 e. The molecule has 2 nitrogen and oxygen atoms in total. The van der Waals surface area contributed by atoms with Crippen molar-refractivity contribution in [3.8, 4) is 0 Å². The molecule has 2 atom stereocenters. The van der Waals surface area contributed by atoms with Crippen LogP contribution in [0.2, 0.25) is 0 Å². The van der Waals surface area contributed by atoms with Gasteiger partial charge in [-0.2, -0.15) is 0 Å².